The molecule has 2 unspecified atom stereocenters. The first-order valence-corrected chi connectivity index (χ1v) is 9.31. The zero-order valence-electron chi connectivity index (χ0n) is 13.8. The largest absolute Gasteiger partial charge is 0.395 e. The zero-order valence-corrected chi connectivity index (χ0v) is 13.8. The van der Waals surface area contributed by atoms with E-state index in [-0.39, 0.29) is 0 Å². The van der Waals surface area contributed by atoms with Crippen molar-refractivity contribution in [3.05, 3.63) is 0 Å². The number of aliphatic hydroxyl groups is 1. The van der Waals surface area contributed by atoms with Crippen LogP contribution in [-0.4, -0.2) is 48.3 Å². The third kappa shape index (κ3) is 4.00. The van der Waals surface area contributed by atoms with Gasteiger partial charge in [-0.1, -0.05) is 32.6 Å². The molecule has 1 heterocycles. The fourth-order valence-corrected chi connectivity index (χ4v) is 4.53. The number of likely N-dealkylation sites (tertiary alicyclic amines) is 1. The molecule has 122 valence electrons. The van der Waals surface area contributed by atoms with E-state index in [4.69, 9.17) is 0 Å². The van der Waals surface area contributed by atoms with Crippen molar-refractivity contribution < 1.29 is 5.11 Å². The molecule has 3 fully saturated rings. The van der Waals surface area contributed by atoms with E-state index in [2.05, 4.69) is 17.1 Å². The second-order valence-corrected chi connectivity index (χ2v) is 8.06. The van der Waals surface area contributed by atoms with Gasteiger partial charge in [0, 0.05) is 25.2 Å². The summed E-state index contributed by atoms with van der Waals surface area (Å²) < 4.78 is 0. The molecule has 2 saturated carbocycles. The summed E-state index contributed by atoms with van der Waals surface area (Å²) in [5.74, 6) is 0.661. The van der Waals surface area contributed by atoms with Gasteiger partial charge >= 0.3 is 0 Å². The summed E-state index contributed by atoms with van der Waals surface area (Å²) in [4.78, 5) is 2.62. The molecule has 2 aliphatic carbocycles. The van der Waals surface area contributed by atoms with Gasteiger partial charge in [0.05, 0.1) is 6.61 Å². The van der Waals surface area contributed by atoms with Crippen LogP contribution in [0.2, 0.25) is 0 Å². The Bertz CT molecular complexity index is 321. The molecular formula is C18H34N2O. The lowest BCUT2D eigenvalue weighted by atomic mass is 9.79. The van der Waals surface area contributed by atoms with Crippen molar-refractivity contribution in [1.82, 2.24) is 10.2 Å². The van der Waals surface area contributed by atoms with Crippen LogP contribution in [0.3, 0.4) is 0 Å². The maximum Gasteiger partial charge on any atom is 0.0589 e. The second-order valence-electron chi connectivity index (χ2n) is 8.06. The molecule has 0 aromatic carbocycles. The minimum Gasteiger partial charge on any atom is -0.395 e. The number of nitrogens with zero attached hydrogens (tertiary/aromatic N) is 1. The van der Waals surface area contributed by atoms with Gasteiger partial charge in [-0.15, -0.1) is 0 Å². The average Bonchev–Trinajstić information content (AvgIpc) is 3.27. The molecule has 1 aliphatic heterocycles. The van der Waals surface area contributed by atoms with Crippen LogP contribution in [0.5, 0.6) is 0 Å². The summed E-state index contributed by atoms with van der Waals surface area (Å²) in [7, 11) is 0. The molecule has 0 aromatic rings. The van der Waals surface area contributed by atoms with Crippen molar-refractivity contribution >= 4 is 0 Å². The predicted molar refractivity (Wildman–Crippen MR) is 87.4 cm³/mol. The van der Waals surface area contributed by atoms with Gasteiger partial charge in [-0.05, 0) is 50.0 Å². The van der Waals surface area contributed by atoms with Gasteiger partial charge < -0.3 is 10.4 Å². The SMILES string of the molecule is CC1CCN(CC2(CNC3CC3)CCCCCC2)C1CO. The van der Waals surface area contributed by atoms with Crippen LogP contribution in [0.1, 0.15) is 64.7 Å². The van der Waals surface area contributed by atoms with Crippen LogP contribution in [0, 0.1) is 11.3 Å². The Kier molecular flexibility index (Phi) is 5.23. The molecular weight excluding hydrogens is 260 g/mol. The summed E-state index contributed by atoms with van der Waals surface area (Å²) in [6, 6.07) is 1.22. The van der Waals surface area contributed by atoms with Crippen molar-refractivity contribution in [1.29, 1.82) is 0 Å². The second kappa shape index (κ2) is 6.97. The quantitative estimate of drug-likeness (QED) is 0.740. The molecule has 0 radical (unpaired) electrons. The van der Waals surface area contributed by atoms with E-state index in [9.17, 15) is 5.11 Å². The van der Waals surface area contributed by atoms with Gasteiger partial charge in [-0.25, -0.2) is 0 Å². The van der Waals surface area contributed by atoms with Gasteiger partial charge in [0.1, 0.15) is 0 Å². The van der Waals surface area contributed by atoms with Crippen LogP contribution in [0.15, 0.2) is 0 Å². The monoisotopic (exact) mass is 294 g/mol. The lowest BCUT2D eigenvalue weighted by Gasteiger charge is -2.39. The van der Waals surface area contributed by atoms with E-state index in [0.29, 0.717) is 24.0 Å². The Morgan fingerprint density at radius 3 is 2.43 bits per heavy atom. The molecule has 3 nitrogen and oxygen atoms in total. The van der Waals surface area contributed by atoms with Crippen LogP contribution < -0.4 is 5.32 Å². The van der Waals surface area contributed by atoms with Crippen molar-refractivity contribution in [2.75, 3.05) is 26.2 Å². The van der Waals surface area contributed by atoms with E-state index in [1.807, 2.05) is 0 Å². The van der Waals surface area contributed by atoms with E-state index in [0.717, 1.165) is 6.04 Å². The number of hydrogen-bond acceptors (Lipinski definition) is 3. The topological polar surface area (TPSA) is 35.5 Å². The summed E-state index contributed by atoms with van der Waals surface area (Å²) >= 11 is 0. The highest BCUT2D eigenvalue weighted by Crippen LogP contribution is 2.38. The minimum atomic E-state index is 0.341. The van der Waals surface area contributed by atoms with Crippen LogP contribution in [-0.2, 0) is 0 Å². The molecule has 0 aromatic heterocycles. The van der Waals surface area contributed by atoms with Crippen LogP contribution in [0.4, 0.5) is 0 Å². The van der Waals surface area contributed by atoms with Crippen molar-refractivity contribution in [2.45, 2.75) is 76.8 Å². The number of aliphatic hydroxyl groups excluding tert-OH is 1. The standard InChI is InChI=1S/C18H34N2O/c1-15-8-11-20(17(15)12-21)14-18(13-19-16-6-7-16)9-4-2-3-5-10-18/h15-17,19,21H,2-14H2,1H3. The Labute approximate surface area is 130 Å². The Balaban J connectivity index is 1.65. The zero-order chi connectivity index (χ0) is 14.7. The maximum atomic E-state index is 9.75. The van der Waals surface area contributed by atoms with Gasteiger partial charge in [-0.2, -0.15) is 0 Å². The molecule has 3 heteroatoms. The predicted octanol–water partition coefficient (Wildman–Crippen LogP) is 2.78. The Hall–Kier alpha value is -0.120. The lowest BCUT2D eigenvalue weighted by Crippen LogP contribution is -2.47. The van der Waals surface area contributed by atoms with Gasteiger partial charge in [0.25, 0.3) is 0 Å². The van der Waals surface area contributed by atoms with E-state index in [1.165, 1.54) is 77.4 Å². The first-order chi connectivity index (χ1) is 10.2. The van der Waals surface area contributed by atoms with E-state index in [1.54, 1.807) is 0 Å². The molecule has 2 atom stereocenters. The Morgan fingerprint density at radius 1 is 1.10 bits per heavy atom. The molecule has 3 aliphatic rings. The minimum absolute atomic E-state index is 0.341. The first kappa shape index (κ1) is 15.8. The van der Waals surface area contributed by atoms with Crippen molar-refractivity contribution in [3.8, 4) is 0 Å². The molecule has 3 rings (SSSR count). The van der Waals surface area contributed by atoms with Crippen LogP contribution in [0.25, 0.3) is 0 Å². The average molecular weight is 294 g/mol. The molecule has 0 bridgehead atoms. The summed E-state index contributed by atoms with van der Waals surface area (Å²) in [5.41, 5.74) is 0.469. The summed E-state index contributed by atoms with van der Waals surface area (Å²) in [5, 5.41) is 13.6. The van der Waals surface area contributed by atoms with Crippen molar-refractivity contribution in [2.24, 2.45) is 11.3 Å². The van der Waals surface area contributed by atoms with Crippen LogP contribution >= 0.6 is 0 Å². The molecule has 0 amide bonds. The van der Waals surface area contributed by atoms with E-state index < -0.39 is 0 Å². The number of nitrogens with one attached hydrogen (secondary N) is 1. The van der Waals surface area contributed by atoms with Gasteiger partial charge in [-0.3, -0.25) is 4.90 Å². The van der Waals surface area contributed by atoms with Crippen molar-refractivity contribution in [3.63, 3.8) is 0 Å². The molecule has 21 heavy (non-hydrogen) atoms. The molecule has 1 saturated heterocycles. The summed E-state index contributed by atoms with van der Waals surface area (Å²) in [6.07, 6.45) is 12.4. The fourth-order valence-electron chi connectivity index (χ4n) is 4.53. The van der Waals surface area contributed by atoms with Gasteiger partial charge in [0.2, 0.25) is 0 Å². The summed E-state index contributed by atoms with van der Waals surface area (Å²) in [6.45, 7) is 6.26. The molecule has 2 N–H and O–H groups in total. The lowest BCUT2D eigenvalue weighted by molar-refractivity contribution is 0.0786. The Morgan fingerprint density at radius 2 is 1.81 bits per heavy atom. The molecule has 0 spiro atoms. The van der Waals surface area contributed by atoms with Gasteiger partial charge in [0.15, 0.2) is 0 Å². The normalized spacial score (nSPS) is 34.0. The van der Waals surface area contributed by atoms with E-state index >= 15 is 0 Å². The number of rotatable bonds is 6. The third-order valence-corrected chi connectivity index (χ3v) is 6.23. The maximum absolute atomic E-state index is 9.75. The first-order valence-electron chi connectivity index (χ1n) is 9.31. The highest BCUT2D eigenvalue weighted by Gasteiger charge is 2.39. The number of hydrogen-bond donors (Lipinski definition) is 2. The highest BCUT2D eigenvalue weighted by atomic mass is 16.3. The fraction of sp³-hybridized carbons (Fsp3) is 1.00. The highest BCUT2D eigenvalue weighted by molar-refractivity contribution is 4.94. The smallest absolute Gasteiger partial charge is 0.0589 e. The third-order valence-electron chi connectivity index (χ3n) is 6.23.